The molecule has 17 heavy (non-hydrogen) atoms. The fourth-order valence-electron chi connectivity index (χ4n) is 3.16. The summed E-state index contributed by atoms with van der Waals surface area (Å²) >= 11 is 2.00. The normalized spacial score (nSPS) is 24.9. The standard InChI is InChI=1S/C14H26N2S/c1-2-11-17-12-10-16-9-5-8-15-14(13-16)6-3-4-7-14/h2,15H,1,3-13H2. The second-order valence-electron chi connectivity index (χ2n) is 5.41. The average Bonchev–Trinajstić information content (AvgIpc) is 2.68. The van der Waals surface area contributed by atoms with Crippen molar-refractivity contribution in [2.24, 2.45) is 0 Å². The molecule has 98 valence electrons. The van der Waals surface area contributed by atoms with Crippen molar-refractivity contribution in [3.63, 3.8) is 0 Å². The maximum atomic E-state index is 3.82. The smallest absolute Gasteiger partial charge is 0.0308 e. The molecule has 2 fully saturated rings. The lowest BCUT2D eigenvalue weighted by Crippen LogP contribution is -2.49. The molecule has 1 spiro atoms. The van der Waals surface area contributed by atoms with Crippen molar-refractivity contribution < 1.29 is 0 Å². The van der Waals surface area contributed by atoms with Crippen molar-refractivity contribution in [2.45, 2.75) is 37.6 Å². The molecule has 0 aromatic carbocycles. The number of hydrogen-bond donors (Lipinski definition) is 1. The third-order valence-electron chi connectivity index (χ3n) is 4.03. The minimum atomic E-state index is 0.472. The minimum absolute atomic E-state index is 0.472. The van der Waals surface area contributed by atoms with E-state index < -0.39 is 0 Å². The lowest BCUT2D eigenvalue weighted by atomic mass is 9.97. The lowest BCUT2D eigenvalue weighted by molar-refractivity contribution is 0.220. The molecule has 1 saturated carbocycles. The van der Waals surface area contributed by atoms with Crippen LogP contribution in [0.3, 0.4) is 0 Å². The van der Waals surface area contributed by atoms with Crippen LogP contribution >= 0.6 is 11.8 Å². The molecule has 3 heteroatoms. The van der Waals surface area contributed by atoms with Crippen LogP contribution in [0.4, 0.5) is 0 Å². The molecule has 1 aliphatic heterocycles. The van der Waals surface area contributed by atoms with Crippen LogP contribution in [0.2, 0.25) is 0 Å². The summed E-state index contributed by atoms with van der Waals surface area (Å²) in [4.78, 5) is 2.68. The van der Waals surface area contributed by atoms with Crippen LogP contribution in [-0.2, 0) is 0 Å². The quantitative estimate of drug-likeness (QED) is 0.599. The van der Waals surface area contributed by atoms with Crippen LogP contribution in [-0.4, -0.2) is 48.1 Å². The Bertz CT molecular complexity index is 236. The van der Waals surface area contributed by atoms with Crippen LogP contribution in [0.25, 0.3) is 0 Å². The zero-order chi connectivity index (χ0) is 12.0. The predicted molar refractivity (Wildman–Crippen MR) is 77.8 cm³/mol. The minimum Gasteiger partial charge on any atom is -0.310 e. The number of nitrogens with zero attached hydrogens (tertiary/aromatic N) is 1. The van der Waals surface area contributed by atoms with Crippen LogP contribution in [0.15, 0.2) is 12.7 Å². The maximum Gasteiger partial charge on any atom is 0.0308 e. The zero-order valence-electron chi connectivity index (χ0n) is 10.9. The second-order valence-corrected chi connectivity index (χ2v) is 6.56. The van der Waals surface area contributed by atoms with Crippen molar-refractivity contribution in [3.8, 4) is 0 Å². The lowest BCUT2D eigenvalue weighted by Gasteiger charge is -2.33. The molecule has 2 rings (SSSR count). The van der Waals surface area contributed by atoms with Crippen LogP contribution in [0, 0.1) is 0 Å². The molecule has 2 aliphatic rings. The van der Waals surface area contributed by atoms with Crippen LogP contribution in [0.1, 0.15) is 32.1 Å². The summed E-state index contributed by atoms with van der Waals surface area (Å²) in [6.07, 6.45) is 8.95. The topological polar surface area (TPSA) is 15.3 Å². The van der Waals surface area contributed by atoms with Crippen molar-refractivity contribution in [3.05, 3.63) is 12.7 Å². The molecule has 2 nitrogen and oxygen atoms in total. The molecule has 1 heterocycles. The van der Waals surface area contributed by atoms with Crippen molar-refractivity contribution in [1.29, 1.82) is 0 Å². The van der Waals surface area contributed by atoms with E-state index in [2.05, 4.69) is 16.8 Å². The van der Waals surface area contributed by atoms with E-state index in [4.69, 9.17) is 0 Å². The Kier molecular flexibility index (Phi) is 5.39. The van der Waals surface area contributed by atoms with Gasteiger partial charge in [0.2, 0.25) is 0 Å². The molecule has 0 atom stereocenters. The average molecular weight is 254 g/mol. The van der Waals surface area contributed by atoms with Gasteiger partial charge in [0, 0.05) is 30.1 Å². The molecule has 0 unspecified atom stereocenters. The molecule has 0 aromatic heterocycles. The van der Waals surface area contributed by atoms with Gasteiger partial charge < -0.3 is 10.2 Å². The van der Waals surface area contributed by atoms with Crippen LogP contribution in [0.5, 0.6) is 0 Å². The predicted octanol–water partition coefficient (Wildman–Crippen LogP) is 2.51. The van der Waals surface area contributed by atoms with Crippen LogP contribution < -0.4 is 5.32 Å². The maximum absolute atomic E-state index is 3.82. The Morgan fingerprint density at radius 3 is 2.88 bits per heavy atom. The first-order valence-electron chi connectivity index (χ1n) is 7.01. The fourth-order valence-corrected chi connectivity index (χ4v) is 3.88. The highest BCUT2D eigenvalue weighted by molar-refractivity contribution is 7.99. The summed E-state index contributed by atoms with van der Waals surface area (Å²) in [6, 6.07) is 0. The molecular formula is C14H26N2S. The Morgan fingerprint density at radius 1 is 1.29 bits per heavy atom. The highest BCUT2D eigenvalue weighted by Crippen LogP contribution is 2.31. The monoisotopic (exact) mass is 254 g/mol. The third kappa shape index (κ3) is 4.01. The Balaban J connectivity index is 1.78. The summed E-state index contributed by atoms with van der Waals surface area (Å²) in [5.41, 5.74) is 0.472. The number of rotatable bonds is 5. The van der Waals surface area contributed by atoms with Gasteiger partial charge in [0.25, 0.3) is 0 Å². The van der Waals surface area contributed by atoms with Gasteiger partial charge in [0.05, 0.1) is 0 Å². The van der Waals surface area contributed by atoms with Gasteiger partial charge in [-0.15, -0.1) is 6.58 Å². The zero-order valence-corrected chi connectivity index (χ0v) is 11.7. The third-order valence-corrected chi connectivity index (χ3v) is 4.97. The number of nitrogens with one attached hydrogen (secondary N) is 1. The van der Waals surface area contributed by atoms with Gasteiger partial charge in [-0.05, 0) is 32.4 Å². The fraction of sp³-hybridized carbons (Fsp3) is 0.857. The first kappa shape index (κ1) is 13.4. The Labute approximate surface area is 110 Å². The van der Waals surface area contributed by atoms with E-state index in [9.17, 15) is 0 Å². The van der Waals surface area contributed by atoms with E-state index >= 15 is 0 Å². The SMILES string of the molecule is C=CCSCCN1CCCNC2(CCCC2)C1. The molecule has 1 saturated heterocycles. The molecular weight excluding hydrogens is 228 g/mol. The molecule has 0 bridgehead atoms. The van der Waals surface area contributed by atoms with Crippen molar-refractivity contribution >= 4 is 11.8 Å². The van der Waals surface area contributed by atoms with E-state index in [0.29, 0.717) is 5.54 Å². The number of thioether (sulfide) groups is 1. The first-order valence-corrected chi connectivity index (χ1v) is 8.16. The first-order chi connectivity index (χ1) is 8.35. The van der Waals surface area contributed by atoms with Gasteiger partial charge in [-0.2, -0.15) is 11.8 Å². The molecule has 0 radical (unpaired) electrons. The number of hydrogen-bond acceptors (Lipinski definition) is 3. The Hall–Kier alpha value is 0.01000. The van der Waals surface area contributed by atoms with Gasteiger partial charge in [-0.1, -0.05) is 18.9 Å². The summed E-state index contributed by atoms with van der Waals surface area (Å²) in [5.74, 6) is 2.35. The summed E-state index contributed by atoms with van der Waals surface area (Å²) in [7, 11) is 0. The highest BCUT2D eigenvalue weighted by atomic mass is 32.2. The van der Waals surface area contributed by atoms with Crippen molar-refractivity contribution in [2.75, 3.05) is 37.7 Å². The van der Waals surface area contributed by atoms with E-state index in [1.54, 1.807) is 0 Å². The summed E-state index contributed by atoms with van der Waals surface area (Å²) in [6.45, 7) is 8.80. The highest BCUT2D eigenvalue weighted by Gasteiger charge is 2.35. The van der Waals surface area contributed by atoms with Gasteiger partial charge >= 0.3 is 0 Å². The largest absolute Gasteiger partial charge is 0.310 e. The molecule has 1 aliphatic carbocycles. The van der Waals surface area contributed by atoms with Crippen molar-refractivity contribution in [1.82, 2.24) is 10.2 Å². The van der Waals surface area contributed by atoms with E-state index in [1.807, 2.05) is 17.8 Å². The molecule has 1 N–H and O–H groups in total. The van der Waals surface area contributed by atoms with Gasteiger partial charge in [-0.25, -0.2) is 0 Å². The summed E-state index contributed by atoms with van der Waals surface area (Å²) in [5, 5.41) is 3.82. The van der Waals surface area contributed by atoms with E-state index in [1.165, 1.54) is 64.0 Å². The van der Waals surface area contributed by atoms with E-state index in [-0.39, 0.29) is 0 Å². The summed E-state index contributed by atoms with van der Waals surface area (Å²) < 4.78 is 0. The second kappa shape index (κ2) is 6.81. The van der Waals surface area contributed by atoms with Gasteiger partial charge in [0.15, 0.2) is 0 Å². The molecule has 0 aromatic rings. The van der Waals surface area contributed by atoms with Gasteiger partial charge in [-0.3, -0.25) is 0 Å². The Morgan fingerprint density at radius 2 is 2.12 bits per heavy atom. The molecule has 0 amide bonds. The van der Waals surface area contributed by atoms with E-state index in [0.717, 1.165) is 5.75 Å². The van der Waals surface area contributed by atoms with Gasteiger partial charge in [0.1, 0.15) is 0 Å².